The molecule has 0 aliphatic carbocycles. The molecule has 0 radical (unpaired) electrons. The van der Waals surface area contributed by atoms with Gasteiger partial charge < -0.3 is 9.40 Å². The van der Waals surface area contributed by atoms with Crippen LogP contribution in [-0.4, -0.2) is 21.4 Å². The monoisotopic (exact) mass is 399 g/mol. The van der Waals surface area contributed by atoms with Gasteiger partial charge in [-0.1, -0.05) is 6.92 Å². The first-order chi connectivity index (χ1) is 10.2. The summed E-state index contributed by atoms with van der Waals surface area (Å²) < 4.78 is 6.49. The predicted molar refractivity (Wildman–Crippen MR) is 88.1 cm³/mol. The van der Waals surface area contributed by atoms with Gasteiger partial charge >= 0.3 is 0 Å². The molecule has 0 amide bonds. The van der Waals surface area contributed by atoms with Crippen molar-refractivity contribution < 1.29 is 4.42 Å². The standard InChI is InChI=1S/C15H18IN3O2/c1-2-3-14-17-12-6-7-19(9-11(12)15(20)18-14)8-10-4-5-13(16)21-10/h4-5H,2-3,6-9H2,1H3,(H,17,18,20). The first-order valence-corrected chi connectivity index (χ1v) is 8.31. The van der Waals surface area contributed by atoms with Crippen LogP contribution < -0.4 is 5.56 Å². The van der Waals surface area contributed by atoms with Crippen LogP contribution in [0.5, 0.6) is 0 Å². The van der Waals surface area contributed by atoms with E-state index < -0.39 is 0 Å². The van der Waals surface area contributed by atoms with Crippen molar-refractivity contribution in [2.45, 2.75) is 39.3 Å². The summed E-state index contributed by atoms with van der Waals surface area (Å²) in [6.45, 7) is 4.37. The summed E-state index contributed by atoms with van der Waals surface area (Å²) in [5, 5.41) is 0. The molecule has 1 N–H and O–H groups in total. The van der Waals surface area contributed by atoms with Crippen molar-refractivity contribution in [2.75, 3.05) is 6.54 Å². The van der Waals surface area contributed by atoms with Crippen LogP contribution in [0, 0.1) is 3.77 Å². The van der Waals surface area contributed by atoms with Crippen LogP contribution in [0.1, 0.15) is 36.2 Å². The van der Waals surface area contributed by atoms with E-state index in [1.165, 1.54) is 0 Å². The van der Waals surface area contributed by atoms with Crippen molar-refractivity contribution in [1.82, 2.24) is 14.9 Å². The number of rotatable bonds is 4. The molecule has 1 aliphatic heterocycles. The number of aryl methyl sites for hydroxylation is 1. The molecule has 2 aromatic rings. The van der Waals surface area contributed by atoms with Gasteiger partial charge in [0.25, 0.3) is 5.56 Å². The molecule has 0 fully saturated rings. The lowest BCUT2D eigenvalue weighted by Crippen LogP contribution is -2.35. The van der Waals surface area contributed by atoms with E-state index >= 15 is 0 Å². The largest absolute Gasteiger partial charge is 0.454 e. The minimum Gasteiger partial charge on any atom is -0.454 e. The molecule has 0 bridgehead atoms. The van der Waals surface area contributed by atoms with Gasteiger partial charge in [-0.25, -0.2) is 4.98 Å². The van der Waals surface area contributed by atoms with E-state index in [1.54, 1.807) is 0 Å². The Morgan fingerprint density at radius 1 is 1.48 bits per heavy atom. The Balaban J connectivity index is 1.77. The Morgan fingerprint density at radius 2 is 2.33 bits per heavy atom. The van der Waals surface area contributed by atoms with E-state index in [1.807, 2.05) is 12.1 Å². The van der Waals surface area contributed by atoms with Crippen LogP contribution in [0.2, 0.25) is 0 Å². The highest BCUT2D eigenvalue weighted by Crippen LogP contribution is 2.18. The molecule has 1 aliphatic rings. The van der Waals surface area contributed by atoms with Gasteiger partial charge in [0.2, 0.25) is 0 Å². The minimum atomic E-state index is 0.0159. The predicted octanol–water partition coefficient (Wildman–Crippen LogP) is 2.48. The number of hydrogen-bond acceptors (Lipinski definition) is 4. The number of H-pyrrole nitrogens is 1. The Kier molecular flexibility index (Phi) is 4.44. The van der Waals surface area contributed by atoms with Crippen molar-refractivity contribution in [1.29, 1.82) is 0 Å². The number of fused-ring (bicyclic) bond motifs is 1. The number of furan rings is 1. The van der Waals surface area contributed by atoms with Crippen molar-refractivity contribution in [3.8, 4) is 0 Å². The minimum absolute atomic E-state index is 0.0159. The molecule has 6 heteroatoms. The maximum absolute atomic E-state index is 12.2. The van der Waals surface area contributed by atoms with E-state index in [9.17, 15) is 4.79 Å². The first kappa shape index (κ1) is 14.8. The van der Waals surface area contributed by atoms with Crippen LogP contribution in [0.4, 0.5) is 0 Å². The number of halogens is 1. The fourth-order valence-electron chi connectivity index (χ4n) is 2.68. The summed E-state index contributed by atoms with van der Waals surface area (Å²) in [7, 11) is 0. The Bertz CT molecular complexity index is 692. The number of nitrogens with one attached hydrogen (secondary N) is 1. The maximum atomic E-state index is 12.2. The van der Waals surface area contributed by atoms with Gasteiger partial charge in [0.15, 0.2) is 3.77 Å². The lowest BCUT2D eigenvalue weighted by Gasteiger charge is -2.26. The van der Waals surface area contributed by atoms with Crippen LogP contribution in [0.3, 0.4) is 0 Å². The summed E-state index contributed by atoms with van der Waals surface area (Å²) in [5.74, 6) is 1.75. The summed E-state index contributed by atoms with van der Waals surface area (Å²) in [6.07, 6.45) is 2.65. The molecule has 3 heterocycles. The summed E-state index contributed by atoms with van der Waals surface area (Å²) in [4.78, 5) is 22.0. The third-order valence-electron chi connectivity index (χ3n) is 3.69. The average molecular weight is 399 g/mol. The Morgan fingerprint density at radius 3 is 3.05 bits per heavy atom. The quantitative estimate of drug-likeness (QED) is 0.803. The summed E-state index contributed by atoms with van der Waals surface area (Å²) in [5.41, 5.74) is 1.79. The fraction of sp³-hybridized carbons (Fsp3) is 0.467. The van der Waals surface area contributed by atoms with E-state index in [-0.39, 0.29) is 5.56 Å². The second-order valence-corrected chi connectivity index (χ2v) is 6.42. The molecule has 0 unspecified atom stereocenters. The zero-order valence-electron chi connectivity index (χ0n) is 12.0. The van der Waals surface area contributed by atoms with E-state index in [0.717, 1.165) is 59.0 Å². The molecule has 112 valence electrons. The molecular formula is C15H18IN3O2. The smallest absolute Gasteiger partial charge is 0.255 e. The van der Waals surface area contributed by atoms with E-state index in [2.05, 4.69) is 44.4 Å². The molecule has 2 aromatic heterocycles. The normalized spacial score (nSPS) is 15.1. The summed E-state index contributed by atoms with van der Waals surface area (Å²) >= 11 is 2.16. The highest BCUT2D eigenvalue weighted by atomic mass is 127. The number of hydrogen-bond donors (Lipinski definition) is 1. The van der Waals surface area contributed by atoms with Gasteiger partial charge in [-0.2, -0.15) is 0 Å². The molecule has 3 rings (SSSR count). The lowest BCUT2D eigenvalue weighted by atomic mass is 10.1. The van der Waals surface area contributed by atoms with E-state index in [4.69, 9.17) is 4.42 Å². The van der Waals surface area contributed by atoms with Gasteiger partial charge in [0.1, 0.15) is 11.6 Å². The van der Waals surface area contributed by atoms with Crippen LogP contribution in [-0.2, 0) is 25.9 Å². The molecule has 0 spiro atoms. The lowest BCUT2D eigenvalue weighted by molar-refractivity contribution is 0.221. The molecular weight excluding hydrogens is 381 g/mol. The second kappa shape index (κ2) is 6.31. The zero-order chi connectivity index (χ0) is 14.8. The van der Waals surface area contributed by atoms with Gasteiger partial charge in [0, 0.05) is 25.9 Å². The number of aromatic nitrogens is 2. The molecule has 0 aromatic carbocycles. The van der Waals surface area contributed by atoms with Crippen molar-refractivity contribution in [3.05, 3.63) is 49.1 Å². The highest BCUT2D eigenvalue weighted by molar-refractivity contribution is 14.1. The van der Waals surface area contributed by atoms with Crippen molar-refractivity contribution in [2.24, 2.45) is 0 Å². The number of nitrogens with zero attached hydrogens (tertiary/aromatic N) is 2. The fourth-order valence-corrected chi connectivity index (χ4v) is 3.14. The average Bonchev–Trinajstić information content (AvgIpc) is 2.85. The van der Waals surface area contributed by atoms with Crippen molar-refractivity contribution >= 4 is 22.6 Å². The third kappa shape index (κ3) is 3.37. The van der Waals surface area contributed by atoms with Crippen LogP contribution in [0.15, 0.2) is 21.3 Å². The van der Waals surface area contributed by atoms with Crippen LogP contribution in [0.25, 0.3) is 0 Å². The molecule has 5 nitrogen and oxygen atoms in total. The topological polar surface area (TPSA) is 62.1 Å². The van der Waals surface area contributed by atoms with Crippen LogP contribution >= 0.6 is 22.6 Å². The highest BCUT2D eigenvalue weighted by Gasteiger charge is 2.21. The molecule has 21 heavy (non-hydrogen) atoms. The maximum Gasteiger partial charge on any atom is 0.255 e. The zero-order valence-corrected chi connectivity index (χ0v) is 14.1. The number of aromatic amines is 1. The Labute approximate surface area is 136 Å². The van der Waals surface area contributed by atoms with Crippen molar-refractivity contribution in [3.63, 3.8) is 0 Å². The molecule has 0 saturated carbocycles. The van der Waals surface area contributed by atoms with Gasteiger partial charge in [0.05, 0.1) is 17.8 Å². The van der Waals surface area contributed by atoms with Gasteiger partial charge in [-0.05, 0) is 41.1 Å². The van der Waals surface area contributed by atoms with Gasteiger partial charge in [-0.3, -0.25) is 9.69 Å². The SMILES string of the molecule is CCCc1nc2c(c(=O)[nH]1)CN(Cc1ccc(I)o1)CC2. The van der Waals surface area contributed by atoms with Gasteiger partial charge in [-0.15, -0.1) is 0 Å². The van der Waals surface area contributed by atoms with E-state index in [0.29, 0.717) is 6.54 Å². The second-order valence-electron chi connectivity index (χ2n) is 5.35. The third-order valence-corrected chi connectivity index (χ3v) is 4.27. The summed E-state index contributed by atoms with van der Waals surface area (Å²) in [6, 6.07) is 3.95. The molecule has 0 atom stereocenters. The molecule has 0 saturated heterocycles. The first-order valence-electron chi connectivity index (χ1n) is 7.23. The Hall–Kier alpha value is -1.15.